The lowest BCUT2D eigenvalue weighted by Gasteiger charge is -2.23. The number of nitrogens with zero attached hydrogens (tertiary/aromatic N) is 1. The number of benzene rings is 1. The molecule has 0 aliphatic carbocycles. The molecule has 1 aromatic carbocycles. The SMILES string of the molecule is Cc1cccc(C)c1C(=O)N(C)C(C)C(=O)O. The Balaban J connectivity index is 3.09. The third-order valence-electron chi connectivity index (χ3n) is 2.95. The van der Waals surface area contributed by atoms with E-state index in [-0.39, 0.29) is 5.91 Å². The number of likely N-dealkylation sites (N-methyl/N-ethyl adjacent to an activating group) is 1. The van der Waals surface area contributed by atoms with E-state index in [0.717, 1.165) is 11.1 Å². The number of aliphatic carboxylic acids is 1. The van der Waals surface area contributed by atoms with E-state index < -0.39 is 12.0 Å². The normalized spacial score (nSPS) is 12.0. The number of hydrogen-bond acceptors (Lipinski definition) is 2. The molecule has 0 saturated carbocycles. The Morgan fingerprint density at radius 3 is 2.12 bits per heavy atom. The van der Waals surface area contributed by atoms with Gasteiger partial charge in [0.25, 0.3) is 5.91 Å². The molecule has 1 N–H and O–H groups in total. The van der Waals surface area contributed by atoms with Gasteiger partial charge < -0.3 is 10.0 Å². The Kier molecular flexibility index (Phi) is 3.89. The number of carboxylic acids is 1. The fraction of sp³-hybridized carbons (Fsp3) is 0.385. The molecule has 0 aromatic heterocycles. The topological polar surface area (TPSA) is 57.6 Å². The van der Waals surface area contributed by atoms with Gasteiger partial charge in [-0.1, -0.05) is 18.2 Å². The number of carboxylic acid groups (broad SMARTS) is 1. The Bertz CT molecular complexity index is 434. The molecule has 4 nitrogen and oxygen atoms in total. The van der Waals surface area contributed by atoms with Gasteiger partial charge in [0.15, 0.2) is 0 Å². The summed E-state index contributed by atoms with van der Waals surface area (Å²) in [6.45, 7) is 5.19. The first-order valence-corrected chi connectivity index (χ1v) is 5.42. The van der Waals surface area contributed by atoms with Gasteiger partial charge in [-0.15, -0.1) is 0 Å². The molecule has 0 spiro atoms. The maximum Gasteiger partial charge on any atom is 0.326 e. The molecule has 0 aliphatic rings. The number of aryl methyl sites for hydroxylation is 2. The summed E-state index contributed by atoms with van der Waals surface area (Å²) < 4.78 is 0. The minimum atomic E-state index is -1.01. The Labute approximate surface area is 101 Å². The lowest BCUT2D eigenvalue weighted by Crippen LogP contribution is -2.40. The van der Waals surface area contributed by atoms with Crippen molar-refractivity contribution >= 4 is 11.9 Å². The van der Waals surface area contributed by atoms with Crippen molar-refractivity contribution in [1.82, 2.24) is 4.90 Å². The zero-order valence-electron chi connectivity index (χ0n) is 10.5. The highest BCUT2D eigenvalue weighted by Crippen LogP contribution is 2.16. The smallest absolute Gasteiger partial charge is 0.326 e. The van der Waals surface area contributed by atoms with E-state index >= 15 is 0 Å². The van der Waals surface area contributed by atoms with Crippen LogP contribution in [0, 0.1) is 13.8 Å². The van der Waals surface area contributed by atoms with Crippen molar-refractivity contribution in [2.24, 2.45) is 0 Å². The molecule has 0 fully saturated rings. The molecule has 0 saturated heterocycles. The van der Waals surface area contributed by atoms with Crippen LogP contribution in [0.15, 0.2) is 18.2 Å². The van der Waals surface area contributed by atoms with E-state index in [1.54, 1.807) is 0 Å². The lowest BCUT2D eigenvalue weighted by atomic mass is 10.0. The molecule has 0 bridgehead atoms. The Hall–Kier alpha value is -1.84. The first-order chi connectivity index (χ1) is 7.86. The summed E-state index contributed by atoms with van der Waals surface area (Å²) in [5.41, 5.74) is 2.31. The predicted molar refractivity (Wildman–Crippen MR) is 65.1 cm³/mol. The first kappa shape index (κ1) is 13.2. The van der Waals surface area contributed by atoms with Crippen molar-refractivity contribution in [1.29, 1.82) is 0 Å². The summed E-state index contributed by atoms with van der Waals surface area (Å²) in [7, 11) is 1.51. The molecule has 4 heteroatoms. The second-order valence-corrected chi connectivity index (χ2v) is 4.20. The van der Waals surface area contributed by atoms with Crippen LogP contribution in [-0.2, 0) is 4.79 Å². The Morgan fingerprint density at radius 1 is 1.24 bits per heavy atom. The van der Waals surface area contributed by atoms with Crippen LogP contribution in [0.2, 0.25) is 0 Å². The van der Waals surface area contributed by atoms with Gasteiger partial charge >= 0.3 is 5.97 Å². The van der Waals surface area contributed by atoms with Gasteiger partial charge in [-0.25, -0.2) is 4.79 Å². The molecule has 0 aliphatic heterocycles. The zero-order chi connectivity index (χ0) is 13.2. The second kappa shape index (κ2) is 4.99. The quantitative estimate of drug-likeness (QED) is 0.869. The van der Waals surface area contributed by atoms with Crippen LogP contribution in [0.3, 0.4) is 0 Å². The van der Waals surface area contributed by atoms with Gasteiger partial charge in [-0.05, 0) is 31.9 Å². The van der Waals surface area contributed by atoms with Crippen molar-refractivity contribution in [2.75, 3.05) is 7.05 Å². The summed E-state index contributed by atoms with van der Waals surface area (Å²) in [6.07, 6.45) is 0. The third kappa shape index (κ3) is 2.64. The molecule has 0 heterocycles. The van der Waals surface area contributed by atoms with E-state index in [4.69, 9.17) is 5.11 Å². The van der Waals surface area contributed by atoms with Gasteiger partial charge in [0.1, 0.15) is 6.04 Å². The zero-order valence-corrected chi connectivity index (χ0v) is 10.5. The molecule has 1 aromatic rings. The molecule has 17 heavy (non-hydrogen) atoms. The maximum atomic E-state index is 12.2. The van der Waals surface area contributed by atoms with Crippen LogP contribution in [-0.4, -0.2) is 35.0 Å². The van der Waals surface area contributed by atoms with Gasteiger partial charge in [0, 0.05) is 12.6 Å². The molecule has 1 amide bonds. The summed E-state index contributed by atoms with van der Waals surface area (Å²) in [5.74, 6) is -1.26. The van der Waals surface area contributed by atoms with Crippen LogP contribution in [0.25, 0.3) is 0 Å². The number of carbonyl (C=O) groups excluding carboxylic acids is 1. The highest BCUT2D eigenvalue weighted by Gasteiger charge is 2.24. The van der Waals surface area contributed by atoms with Gasteiger partial charge in [-0.2, -0.15) is 0 Å². The van der Waals surface area contributed by atoms with Crippen LogP contribution in [0.5, 0.6) is 0 Å². The average molecular weight is 235 g/mol. The van der Waals surface area contributed by atoms with Crippen molar-refractivity contribution in [3.05, 3.63) is 34.9 Å². The average Bonchev–Trinajstić information content (AvgIpc) is 2.26. The highest BCUT2D eigenvalue weighted by atomic mass is 16.4. The van der Waals surface area contributed by atoms with E-state index in [1.807, 2.05) is 32.0 Å². The lowest BCUT2D eigenvalue weighted by molar-refractivity contribution is -0.141. The second-order valence-electron chi connectivity index (χ2n) is 4.20. The first-order valence-electron chi connectivity index (χ1n) is 5.42. The van der Waals surface area contributed by atoms with Gasteiger partial charge in [-0.3, -0.25) is 4.79 Å². The molecule has 0 radical (unpaired) electrons. The summed E-state index contributed by atoms with van der Waals surface area (Å²) >= 11 is 0. The number of carbonyl (C=O) groups is 2. The van der Waals surface area contributed by atoms with Crippen LogP contribution in [0.4, 0.5) is 0 Å². The number of hydrogen-bond donors (Lipinski definition) is 1. The minimum absolute atomic E-state index is 0.254. The standard InChI is InChI=1S/C13H17NO3/c1-8-6-5-7-9(2)11(8)12(15)14(4)10(3)13(16)17/h5-7,10H,1-4H3,(H,16,17). The maximum absolute atomic E-state index is 12.2. The van der Waals surface area contributed by atoms with Gasteiger partial charge in [0.05, 0.1) is 0 Å². The van der Waals surface area contributed by atoms with E-state index in [9.17, 15) is 9.59 Å². The molecule has 1 atom stereocenters. The van der Waals surface area contributed by atoms with Crippen LogP contribution < -0.4 is 0 Å². The monoisotopic (exact) mass is 235 g/mol. The Morgan fingerprint density at radius 2 is 1.71 bits per heavy atom. The van der Waals surface area contributed by atoms with Crippen molar-refractivity contribution in [2.45, 2.75) is 26.8 Å². The summed E-state index contributed by atoms with van der Waals surface area (Å²) in [4.78, 5) is 24.3. The minimum Gasteiger partial charge on any atom is -0.480 e. The largest absolute Gasteiger partial charge is 0.480 e. The van der Waals surface area contributed by atoms with E-state index in [2.05, 4.69) is 0 Å². The van der Waals surface area contributed by atoms with Gasteiger partial charge in [0.2, 0.25) is 0 Å². The fourth-order valence-electron chi connectivity index (χ4n) is 1.67. The highest BCUT2D eigenvalue weighted by molar-refractivity contribution is 5.98. The number of amides is 1. The molecular formula is C13H17NO3. The van der Waals surface area contributed by atoms with Crippen molar-refractivity contribution in [3.8, 4) is 0 Å². The predicted octanol–water partition coefficient (Wildman–Crippen LogP) is 1.85. The van der Waals surface area contributed by atoms with E-state index in [0.29, 0.717) is 5.56 Å². The van der Waals surface area contributed by atoms with Crippen LogP contribution >= 0.6 is 0 Å². The molecule has 1 unspecified atom stereocenters. The molecule has 92 valence electrons. The summed E-state index contributed by atoms with van der Waals surface area (Å²) in [5, 5.41) is 8.89. The van der Waals surface area contributed by atoms with Crippen molar-refractivity contribution < 1.29 is 14.7 Å². The fourth-order valence-corrected chi connectivity index (χ4v) is 1.67. The van der Waals surface area contributed by atoms with Crippen molar-refractivity contribution in [3.63, 3.8) is 0 Å². The molecule has 1 rings (SSSR count). The number of rotatable bonds is 3. The third-order valence-corrected chi connectivity index (χ3v) is 2.95. The van der Waals surface area contributed by atoms with Crippen LogP contribution in [0.1, 0.15) is 28.4 Å². The summed E-state index contributed by atoms with van der Waals surface area (Å²) in [6, 6.07) is 4.74. The molecular weight excluding hydrogens is 218 g/mol. The van der Waals surface area contributed by atoms with E-state index in [1.165, 1.54) is 18.9 Å².